The third kappa shape index (κ3) is 2.94. The van der Waals surface area contributed by atoms with E-state index in [4.69, 9.17) is 18.0 Å². The van der Waals surface area contributed by atoms with Crippen LogP contribution in [0, 0.1) is 6.92 Å². The van der Waals surface area contributed by atoms with Gasteiger partial charge in [-0.3, -0.25) is 4.79 Å². The molecule has 2 rings (SSSR count). The van der Waals surface area contributed by atoms with E-state index >= 15 is 0 Å². The smallest absolute Gasteiger partial charge is 0.265 e. The zero-order valence-electron chi connectivity index (χ0n) is 9.77. The van der Waals surface area contributed by atoms with Crippen molar-refractivity contribution in [1.29, 1.82) is 0 Å². The monoisotopic (exact) mass is 276 g/mol. The van der Waals surface area contributed by atoms with Crippen LogP contribution in [0.2, 0.25) is 0 Å². The fourth-order valence-electron chi connectivity index (χ4n) is 1.50. The van der Waals surface area contributed by atoms with E-state index in [-0.39, 0.29) is 5.91 Å². The number of nitrogens with one attached hydrogen (secondary N) is 1. The van der Waals surface area contributed by atoms with Crippen LogP contribution in [0.3, 0.4) is 0 Å². The second-order valence-electron chi connectivity index (χ2n) is 3.81. The molecule has 0 atom stereocenters. The SMILES string of the molecule is Cc1ccc(C(=O)Nc2cccc(C(N)=S)c2)s1. The number of thiophene rings is 1. The van der Waals surface area contributed by atoms with E-state index in [1.807, 2.05) is 31.2 Å². The molecule has 0 aliphatic carbocycles. The van der Waals surface area contributed by atoms with E-state index < -0.39 is 0 Å². The molecule has 0 aliphatic rings. The summed E-state index contributed by atoms with van der Waals surface area (Å²) in [7, 11) is 0. The first-order chi connectivity index (χ1) is 8.56. The maximum Gasteiger partial charge on any atom is 0.265 e. The maximum absolute atomic E-state index is 11.9. The minimum absolute atomic E-state index is 0.117. The summed E-state index contributed by atoms with van der Waals surface area (Å²) >= 11 is 6.36. The van der Waals surface area contributed by atoms with Crippen LogP contribution in [0.5, 0.6) is 0 Å². The van der Waals surface area contributed by atoms with Crippen LogP contribution in [0.15, 0.2) is 36.4 Å². The van der Waals surface area contributed by atoms with Gasteiger partial charge >= 0.3 is 0 Å². The average molecular weight is 276 g/mol. The molecule has 1 aromatic carbocycles. The standard InChI is InChI=1S/C13H12N2OS2/c1-8-5-6-11(18-8)13(16)15-10-4-2-3-9(7-10)12(14)17/h2-7H,1H3,(H2,14,17)(H,15,16). The lowest BCUT2D eigenvalue weighted by atomic mass is 10.2. The van der Waals surface area contributed by atoms with Gasteiger partial charge in [0.05, 0.1) is 4.88 Å². The molecule has 0 radical (unpaired) electrons. The molecule has 1 aromatic heterocycles. The van der Waals surface area contributed by atoms with Crippen LogP contribution in [0.25, 0.3) is 0 Å². The Kier molecular flexibility index (Phi) is 3.74. The van der Waals surface area contributed by atoms with Gasteiger partial charge in [0.25, 0.3) is 5.91 Å². The normalized spacial score (nSPS) is 10.1. The summed E-state index contributed by atoms with van der Waals surface area (Å²) in [4.78, 5) is 14.1. The Hall–Kier alpha value is -1.72. The van der Waals surface area contributed by atoms with Crippen molar-refractivity contribution in [3.05, 3.63) is 51.7 Å². The number of benzene rings is 1. The van der Waals surface area contributed by atoms with E-state index in [9.17, 15) is 4.79 Å². The zero-order chi connectivity index (χ0) is 13.1. The van der Waals surface area contributed by atoms with Crippen molar-refractivity contribution in [3.63, 3.8) is 0 Å². The van der Waals surface area contributed by atoms with Crippen molar-refractivity contribution in [1.82, 2.24) is 0 Å². The van der Waals surface area contributed by atoms with Gasteiger partial charge in [-0.05, 0) is 31.2 Å². The Morgan fingerprint density at radius 1 is 1.33 bits per heavy atom. The van der Waals surface area contributed by atoms with Crippen molar-refractivity contribution in [2.45, 2.75) is 6.92 Å². The predicted molar refractivity (Wildman–Crippen MR) is 79.3 cm³/mol. The molecule has 0 saturated heterocycles. The van der Waals surface area contributed by atoms with Crippen molar-refractivity contribution in [2.75, 3.05) is 5.32 Å². The lowest BCUT2D eigenvalue weighted by Crippen LogP contribution is -2.12. The molecule has 92 valence electrons. The number of anilines is 1. The fourth-order valence-corrected chi connectivity index (χ4v) is 2.39. The van der Waals surface area contributed by atoms with E-state index in [1.165, 1.54) is 11.3 Å². The number of amides is 1. The van der Waals surface area contributed by atoms with Gasteiger partial charge in [0.1, 0.15) is 4.99 Å². The van der Waals surface area contributed by atoms with Crippen molar-refractivity contribution in [3.8, 4) is 0 Å². The van der Waals surface area contributed by atoms with Crippen LogP contribution in [-0.2, 0) is 0 Å². The summed E-state index contributed by atoms with van der Waals surface area (Å²) in [6.45, 7) is 1.97. The average Bonchev–Trinajstić information content (AvgIpc) is 2.76. The molecule has 0 spiro atoms. The number of thiocarbonyl (C=S) groups is 1. The summed E-state index contributed by atoms with van der Waals surface area (Å²) in [5.74, 6) is -0.117. The highest BCUT2D eigenvalue weighted by Gasteiger charge is 2.08. The van der Waals surface area contributed by atoms with E-state index in [2.05, 4.69) is 5.32 Å². The molecule has 0 bridgehead atoms. The van der Waals surface area contributed by atoms with Gasteiger partial charge in [0, 0.05) is 16.1 Å². The number of carbonyl (C=O) groups is 1. The summed E-state index contributed by atoms with van der Waals surface area (Å²) in [6.07, 6.45) is 0. The zero-order valence-corrected chi connectivity index (χ0v) is 11.4. The first-order valence-corrected chi connectivity index (χ1v) is 6.56. The van der Waals surface area contributed by atoms with E-state index in [0.717, 1.165) is 10.4 Å². The topological polar surface area (TPSA) is 55.1 Å². The highest BCUT2D eigenvalue weighted by atomic mass is 32.1. The molecular weight excluding hydrogens is 264 g/mol. The Balaban J connectivity index is 2.16. The molecule has 0 unspecified atom stereocenters. The lowest BCUT2D eigenvalue weighted by Gasteiger charge is -2.05. The fraction of sp³-hybridized carbons (Fsp3) is 0.0769. The first-order valence-electron chi connectivity index (χ1n) is 5.34. The Labute approximate surface area is 115 Å². The molecule has 3 N–H and O–H groups in total. The maximum atomic E-state index is 11.9. The number of aryl methyl sites for hydroxylation is 1. The van der Waals surface area contributed by atoms with Gasteiger partial charge in [-0.15, -0.1) is 11.3 Å². The van der Waals surface area contributed by atoms with E-state index in [1.54, 1.807) is 12.1 Å². The first kappa shape index (κ1) is 12.7. The molecular formula is C13H12N2OS2. The summed E-state index contributed by atoms with van der Waals surface area (Å²) in [5, 5.41) is 2.82. The van der Waals surface area contributed by atoms with Crippen LogP contribution < -0.4 is 11.1 Å². The minimum Gasteiger partial charge on any atom is -0.389 e. The second kappa shape index (κ2) is 5.29. The van der Waals surface area contributed by atoms with Crippen molar-refractivity contribution < 1.29 is 4.79 Å². The third-order valence-corrected chi connectivity index (χ3v) is 3.60. The quantitative estimate of drug-likeness (QED) is 0.847. The molecule has 5 heteroatoms. The molecule has 1 heterocycles. The predicted octanol–water partition coefficient (Wildman–Crippen LogP) is 2.94. The molecule has 2 aromatic rings. The van der Waals surface area contributed by atoms with Gasteiger partial charge in [0.15, 0.2) is 0 Å². The number of hydrogen-bond acceptors (Lipinski definition) is 3. The molecule has 0 saturated carbocycles. The van der Waals surface area contributed by atoms with Crippen LogP contribution >= 0.6 is 23.6 Å². The van der Waals surface area contributed by atoms with Gasteiger partial charge in [0.2, 0.25) is 0 Å². The molecule has 3 nitrogen and oxygen atoms in total. The Morgan fingerprint density at radius 3 is 2.72 bits per heavy atom. The van der Waals surface area contributed by atoms with Gasteiger partial charge < -0.3 is 11.1 Å². The van der Waals surface area contributed by atoms with Crippen molar-refractivity contribution >= 4 is 40.1 Å². The largest absolute Gasteiger partial charge is 0.389 e. The molecule has 0 aliphatic heterocycles. The van der Waals surface area contributed by atoms with Gasteiger partial charge in [-0.2, -0.15) is 0 Å². The number of rotatable bonds is 3. The van der Waals surface area contributed by atoms with Crippen LogP contribution in [0.1, 0.15) is 20.1 Å². The third-order valence-electron chi connectivity index (χ3n) is 2.37. The van der Waals surface area contributed by atoms with Gasteiger partial charge in [-0.1, -0.05) is 24.4 Å². The van der Waals surface area contributed by atoms with Crippen molar-refractivity contribution in [2.24, 2.45) is 5.73 Å². The van der Waals surface area contributed by atoms with Crippen LogP contribution in [-0.4, -0.2) is 10.9 Å². The number of nitrogens with two attached hydrogens (primary N) is 1. The minimum atomic E-state index is -0.117. The molecule has 1 amide bonds. The lowest BCUT2D eigenvalue weighted by molar-refractivity contribution is 0.103. The highest BCUT2D eigenvalue weighted by Crippen LogP contribution is 2.17. The number of carbonyl (C=O) groups excluding carboxylic acids is 1. The molecule has 18 heavy (non-hydrogen) atoms. The highest BCUT2D eigenvalue weighted by molar-refractivity contribution is 7.80. The summed E-state index contributed by atoms with van der Waals surface area (Å²) in [6, 6.07) is 10.9. The molecule has 0 fully saturated rings. The second-order valence-corrected chi connectivity index (χ2v) is 5.54. The Morgan fingerprint density at radius 2 is 2.11 bits per heavy atom. The Bertz CT molecular complexity index is 605. The van der Waals surface area contributed by atoms with Crippen LogP contribution in [0.4, 0.5) is 5.69 Å². The summed E-state index contributed by atoms with van der Waals surface area (Å²) in [5.41, 5.74) is 6.98. The van der Waals surface area contributed by atoms with E-state index in [0.29, 0.717) is 15.6 Å². The number of hydrogen-bond donors (Lipinski definition) is 2. The summed E-state index contributed by atoms with van der Waals surface area (Å²) < 4.78 is 0. The van der Waals surface area contributed by atoms with Gasteiger partial charge in [-0.25, -0.2) is 0 Å².